The van der Waals surface area contributed by atoms with Crippen molar-refractivity contribution >= 4 is 28.9 Å². The van der Waals surface area contributed by atoms with Crippen LogP contribution in [0.2, 0.25) is 5.02 Å². The summed E-state index contributed by atoms with van der Waals surface area (Å²) >= 11 is 6.24. The highest BCUT2D eigenvalue weighted by molar-refractivity contribution is 6.31. The van der Waals surface area contributed by atoms with Crippen molar-refractivity contribution in [2.24, 2.45) is 5.92 Å². The summed E-state index contributed by atoms with van der Waals surface area (Å²) in [6.45, 7) is 9.55. The van der Waals surface area contributed by atoms with Crippen molar-refractivity contribution in [1.29, 1.82) is 0 Å². The van der Waals surface area contributed by atoms with Crippen LogP contribution in [0.1, 0.15) is 26.7 Å². The van der Waals surface area contributed by atoms with Gasteiger partial charge in [0, 0.05) is 50.2 Å². The Balaban J connectivity index is 1.74. The first-order valence-corrected chi connectivity index (χ1v) is 9.02. The van der Waals surface area contributed by atoms with Gasteiger partial charge < -0.3 is 14.7 Å². The third-order valence-corrected chi connectivity index (χ3v) is 5.05. The summed E-state index contributed by atoms with van der Waals surface area (Å²) in [5.41, 5.74) is 2.51. The zero-order valence-electron chi connectivity index (χ0n) is 14.1. The third-order valence-electron chi connectivity index (χ3n) is 4.81. The first-order chi connectivity index (χ1) is 11.1. The molecule has 5 heteroatoms. The average molecular weight is 336 g/mol. The van der Waals surface area contributed by atoms with Gasteiger partial charge in [-0.2, -0.15) is 0 Å². The number of benzene rings is 1. The van der Waals surface area contributed by atoms with E-state index in [0.717, 1.165) is 44.3 Å². The standard InChI is InChI=1S/C18H26ClN3O/c1-14(2)18(23)22-11-9-21(10-12-22)16-6-5-15(19)13-17(16)20-7-3-4-8-20/h5-6,13-14H,3-4,7-12H2,1-2H3. The molecule has 4 nitrogen and oxygen atoms in total. The molecule has 0 radical (unpaired) electrons. The fraction of sp³-hybridized carbons (Fsp3) is 0.611. The van der Waals surface area contributed by atoms with Gasteiger partial charge in [-0.05, 0) is 31.0 Å². The second-order valence-electron chi connectivity index (χ2n) is 6.79. The van der Waals surface area contributed by atoms with E-state index in [-0.39, 0.29) is 11.8 Å². The molecule has 0 aromatic heterocycles. The van der Waals surface area contributed by atoms with Crippen LogP contribution < -0.4 is 9.80 Å². The molecule has 1 aromatic carbocycles. The van der Waals surface area contributed by atoms with Gasteiger partial charge in [0.2, 0.25) is 5.91 Å². The number of halogens is 1. The van der Waals surface area contributed by atoms with Gasteiger partial charge in [0.1, 0.15) is 0 Å². The smallest absolute Gasteiger partial charge is 0.225 e. The molecule has 126 valence electrons. The zero-order valence-corrected chi connectivity index (χ0v) is 14.9. The molecule has 0 aliphatic carbocycles. The Kier molecular flexibility index (Phi) is 5.00. The maximum absolute atomic E-state index is 12.1. The molecular weight excluding hydrogens is 310 g/mol. The number of nitrogens with zero attached hydrogens (tertiary/aromatic N) is 3. The number of amides is 1. The summed E-state index contributed by atoms with van der Waals surface area (Å²) in [5.74, 6) is 0.345. The van der Waals surface area contributed by atoms with Gasteiger partial charge in [0.05, 0.1) is 11.4 Å². The van der Waals surface area contributed by atoms with Crippen LogP contribution in [0.4, 0.5) is 11.4 Å². The van der Waals surface area contributed by atoms with Gasteiger partial charge in [-0.3, -0.25) is 4.79 Å². The third kappa shape index (κ3) is 3.57. The molecule has 2 aliphatic heterocycles. The first-order valence-electron chi connectivity index (χ1n) is 8.64. The van der Waals surface area contributed by atoms with Crippen molar-refractivity contribution < 1.29 is 4.79 Å². The first kappa shape index (κ1) is 16.4. The highest BCUT2D eigenvalue weighted by atomic mass is 35.5. The van der Waals surface area contributed by atoms with Gasteiger partial charge in [-0.15, -0.1) is 0 Å². The Bertz CT molecular complexity index is 561. The number of anilines is 2. The van der Waals surface area contributed by atoms with Crippen LogP contribution in [0.5, 0.6) is 0 Å². The molecule has 0 atom stereocenters. The van der Waals surface area contributed by atoms with Crippen molar-refractivity contribution in [2.45, 2.75) is 26.7 Å². The van der Waals surface area contributed by atoms with Crippen LogP contribution in [0.15, 0.2) is 18.2 Å². The van der Waals surface area contributed by atoms with Gasteiger partial charge in [-0.1, -0.05) is 25.4 Å². The molecule has 1 aromatic rings. The minimum Gasteiger partial charge on any atom is -0.370 e. The van der Waals surface area contributed by atoms with Crippen molar-refractivity contribution in [3.63, 3.8) is 0 Å². The Labute approximate surface area is 144 Å². The predicted molar refractivity (Wildman–Crippen MR) is 96.5 cm³/mol. The lowest BCUT2D eigenvalue weighted by molar-refractivity contribution is -0.134. The number of hydrogen-bond acceptors (Lipinski definition) is 3. The van der Waals surface area contributed by atoms with E-state index in [1.165, 1.54) is 24.2 Å². The quantitative estimate of drug-likeness (QED) is 0.848. The Morgan fingerprint density at radius 1 is 0.957 bits per heavy atom. The lowest BCUT2D eigenvalue weighted by Crippen LogP contribution is -2.50. The molecule has 0 spiro atoms. The van der Waals surface area contributed by atoms with Crippen LogP contribution in [0.3, 0.4) is 0 Å². The molecule has 0 N–H and O–H groups in total. The molecule has 2 aliphatic rings. The largest absolute Gasteiger partial charge is 0.370 e. The van der Waals surface area contributed by atoms with Crippen molar-refractivity contribution in [3.05, 3.63) is 23.2 Å². The summed E-state index contributed by atoms with van der Waals surface area (Å²) in [6, 6.07) is 6.20. The van der Waals surface area contributed by atoms with Gasteiger partial charge in [0.15, 0.2) is 0 Å². The van der Waals surface area contributed by atoms with Crippen LogP contribution in [0.25, 0.3) is 0 Å². The van der Waals surface area contributed by atoms with E-state index in [1.54, 1.807) is 0 Å². The highest BCUT2D eigenvalue weighted by Gasteiger charge is 2.25. The Morgan fingerprint density at radius 3 is 2.17 bits per heavy atom. The number of carbonyl (C=O) groups excluding carboxylic acids is 1. The molecule has 0 unspecified atom stereocenters. The SMILES string of the molecule is CC(C)C(=O)N1CCN(c2ccc(Cl)cc2N2CCCC2)CC1. The molecule has 0 bridgehead atoms. The molecule has 1 amide bonds. The summed E-state index contributed by atoms with van der Waals surface area (Å²) < 4.78 is 0. The van der Waals surface area contributed by atoms with Crippen LogP contribution in [0, 0.1) is 5.92 Å². The van der Waals surface area contributed by atoms with Crippen molar-refractivity contribution in [1.82, 2.24) is 4.90 Å². The predicted octanol–water partition coefficient (Wildman–Crippen LogP) is 3.24. The van der Waals surface area contributed by atoms with E-state index in [0.29, 0.717) is 0 Å². The monoisotopic (exact) mass is 335 g/mol. The van der Waals surface area contributed by atoms with Crippen LogP contribution >= 0.6 is 11.6 Å². The summed E-state index contributed by atoms with van der Waals surface area (Å²) in [7, 11) is 0. The fourth-order valence-corrected chi connectivity index (χ4v) is 3.67. The molecule has 2 heterocycles. The van der Waals surface area contributed by atoms with Crippen LogP contribution in [-0.2, 0) is 4.79 Å². The average Bonchev–Trinajstić information content (AvgIpc) is 3.08. The van der Waals surface area contributed by atoms with E-state index in [2.05, 4.69) is 21.9 Å². The number of rotatable bonds is 3. The molecule has 3 rings (SSSR count). The lowest BCUT2D eigenvalue weighted by atomic mass is 10.1. The maximum Gasteiger partial charge on any atom is 0.225 e. The van der Waals surface area contributed by atoms with E-state index >= 15 is 0 Å². The second kappa shape index (κ2) is 7.00. The van der Waals surface area contributed by atoms with Crippen LogP contribution in [-0.4, -0.2) is 50.1 Å². The van der Waals surface area contributed by atoms with E-state index in [4.69, 9.17) is 11.6 Å². The lowest BCUT2D eigenvalue weighted by Gasteiger charge is -2.38. The highest BCUT2D eigenvalue weighted by Crippen LogP contribution is 2.34. The minimum atomic E-state index is 0.0808. The normalized spacial score (nSPS) is 18.9. The number of carbonyl (C=O) groups is 1. The fourth-order valence-electron chi connectivity index (χ4n) is 3.51. The summed E-state index contributed by atoms with van der Waals surface area (Å²) in [6.07, 6.45) is 2.51. The van der Waals surface area contributed by atoms with Gasteiger partial charge in [0.25, 0.3) is 0 Å². The number of hydrogen-bond donors (Lipinski definition) is 0. The Morgan fingerprint density at radius 2 is 1.57 bits per heavy atom. The molecule has 0 saturated carbocycles. The Hall–Kier alpha value is -1.42. The van der Waals surface area contributed by atoms with Crippen molar-refractivity contribution in [2.75, 3.05) is 49.1 Å². The molecule has 23 heavy (non-hydrogen) atoms. The second-order valence-corrected chi connectivity index (χ2v) is 7.23. The van der Waals surface area contributed by atoms with E-state index in [1.807, 2.05) is 24.8 Å². The number of piperazine rings is 1. The molecular formula is C18H26ClN3O. The van der Waals surface area contributed by atoms with E-state index < -0.39 is 0 Å². The van der Waals surface area contributed by atoms with Gasteiger partial charge in [-0.25, -0.2) is 0 Å². The summed E-state index contributed by atoms with van der Waals surface area (Å²) in [4.78, 5) is 19.0. The topological polar surface area (TPSA) is 26.8 Å². The maximum atomic E-state index is 12.1. The molecule has 2 saturated heterocycles. The summed E-state index contributed by atoms with van der Waals surface area (Å²) in [5, 5.41) is 0.796. The van der Waals surface area contributed by atoms with E-state index in [9.17, 15) is 4.79 Å². The zero-order chi connectivity index (χ0) is 16.4. The van der Waals surface area contributed by atoms with Crippen molar-refractivity contribution in [3.8, 4) is 0 Å². The van der Waals surface area contributed by atoms with Gasteiger partial charge >= 0.3 is 0 Å². The minimum absolute atomic E-state index is 0.0808. The molecule has 2 fully saturated rings.